The maximum absolute atomic E-state index is 12.1. The molecular weight excluding hydrogens is 268 g/mol. The molecule has 88 valence electrons. The van der Waals surface area contributed by atoms with Gasteiger partial charge >= 0.3 is 0 Å². The van der Waals surface area contributed by atoms with Crippen LogP contribution in [0.15, 0.2) is 10.7 Å². The highest BCUT2D eigenvalue weighted by molar-refractivity contribution is 9.10. The Hall–Kier alpha value is -0.610. The molecule has 0 saturated carbocycles. The molecule has 0 atom stereocenters. The minimum Gasteiger partial charge on any atom is -0.312 e. The lowest BCUT2D eigenvalue weighted by Gasteiger charge is -2.16. The van der Waals surface area contributed by atoms with Crippen molar-refractivity contribution in [3.05, 3.63) is 21.9 Å². The minimum absolute atomic E-state index is 0.199. The first-order chi connectivity index (χ1) is 7.59. The van der Waals surface area contributed by atoms with E-state index < -0.39 is 0 Å². The molecule has 1 aromatic rings. The van der Waals surface area contributed by atoms with Gasteiger partial charge in [-0.25, -0.2) is 0 Å². The highest BCUT2D eigenvalue weighted by atomic mass is 79.9. The van der Waals surface area contributed by atoms with Crippen LogP contribution in [-0.4, -0.2) is 17.0 Å². The molecule has 0 saturated heterocycles. The average Bonchev–Trinajstić information content (AvgIpc) is 2.52. The minimum atomic E-state index is 0.199. The maximum Gasteiger partial charge on any atom is 0.231 e. The van der Waals surface area contributed by atoms with Gasteiger partial charge in [0, 0.05) is 31.6 Å². The second kappa shape index (κ2) is 4.72. The normalized spacial score (nSPS) is 15.2. The van der Waals surface area contributed by atoms with Crippen LogP contribution in [0.3, 0.4) is 0 Å². The number of fused-ring (bicyclic) bond motifs is 1. The van der Waals surface area contributed by atoms with Gasteiger partial charge in [-0.15, -0.1) is 0 Å². The monoisotopic (exact) mass is 284 g/mol. The van der Waals surface area contributed by atoms with E-state index in [1.165, 1.54) is 11.3 Å². The van der Waals surface area contributed by atoms with E-state index in [1.54, 1.807) is 0 Å². The van der Waals surface area contributed by atoms with Crippen molar-refractivity contribution in [1.29, 1.82) is 0 Å². The lowest BCUT2D eigenvalue weighted by molar-refractivity contribution is 0.0880. The number of nitrogens with zero attached hydrogens (tertiary/aromatic N) is 1. The van der Waals surface area contributed by atoms with Crippen LogP contribution in [0.4, 0.5) is 0 Å². The molecule has 1 aliphatic heterocycles. The van der Waals surface area contributed by atoms with Gasteiger partial charge in [-0.3, -0.25) is 9.36 Å². The predicted molar refractivity (Wildman–Crippen MR) is 67.6 cm³/mol. The number of nitrogens with one attached hydrogen (secondary N) is 1. The first kappa shape index (κ1) is 11.9. The molecule has 0 aromatic carbocycles. The standard InChI is InChI=1S/C12H17BrN2O/c1-8(2)5-12(16)15-10-3-4-14-7-9(10)6-11(15)13/h6,8,14H,3-5,7H2,1-2H3. The second-order valence-corrected chi connectivity index (χ2v) is 5.51. The Labute approximate surface area is 104 Å². The first-order valence-corrected chi connectivity index (χ1v) is 6.51. The van der Waals surface area contributed by atoms with Crippen molar-refractivity contribution in [2.24, 2.45) is 5.92 Å². The molecule has 0 unspecified atom stereocenters. The molecule has 0 radical (unpaired) electrons. The fourth-order valence-electron chi connectivity index (χ4n) is 2.13. The number of hydrogen-bond acceptors (Lipinski definition) is 2. The first-order valence-electron chi connectivity index (χ1n) is 5.72. The summed E-state index contributed by atoms with van der Waals surface area (Å²) in [6, 6.07) is 2.06. The summed E-state index contributed by atoms with van der Waals surface area (Å²) in [5.74, 6) is 0.601. The van der Waals surface area contributed by atoms with E-state index in [2.05, 4.69) is 41.2 Å². The number of hydrogen-bond donors (Lipinski definition) is 1. The smallest absolute Gasteiger partial charge is 0.231 e. The highest BCUT2D eigenvalue weighted by Crippen LogP contribution is 2.24. The van der Waals surface area contributed by atoms with Gasteiger partial charge in [-0.05, 0) is 33.5 Å². The van der Waals surface area contributed by atoms with E-state index in [1.807, 2.05) is 4.57 Å². The van der Waals surface area contributed by atoms with E-state index in [0.29, 0.717) is 12.3 Å². The molecule has 0 amide bonds. The Morgan fingerprint density at radius 3 is 3.06 bits per heavy atom. The summed E-state index contributed by atoms with van der Waals surface area (Å²) in [6.07, 6.45) is 1.54. The zero-order valence-electron chi connectivity index (χ0n) is 9.72. The van der Waals surface area contributed by atoms with E-state index in [0.717, 1.165) is 24.1 Å². The molecule has 1 aromatic heterocycles. The number of rotatable bonds is 2. The van der Waals surface area contributed by atoms with Gasteiger partial charge in [-0.2, -0.15) is 0 Å². The van der Waals surface area contributed by atoms with E-state index in [-0.39, 0.29) is 5.91 Å². The lowest BCUT2D eigenvalue weighted by atomic mass is 10.1. The molecule has 16 heavy (non-hydrogen) atoms. The second-order valence-electron chi connectivity index (χ2n) is 4.69. The molecule has 0 bridgehead atoms. The van der Waals surface area contributed by atoms with Gasteiger partial charge in [0.25, 0.3) is 0 Å². The largest absolute Gasteiger partial charge is 0.312 e. The Morgan fingerprint density at radius 1 is 1.62 bits per heavy atom. The van der Waals surface area contributed by atoms with Crippen LogP contribution >= 0.6 is 15.9 Å². The van der Waals surface area contributed by atoms with Gasteiger partial charge in [0.2, 0.25) is 5.91 Å². The fourth-order valence-corrected chi connectivity index (χ4v) is 2.82. The van der Waals surface area contributed by atoms with Crippen LogP contribution in [0, 0.1) is 5.92 Å². The third kappa shape index (κ3) is 2.23. The number of aromatic nitrogens is 1. The van der Waals surface area contributed by atoms with Crippen molar-refractivity contribution in [3.8, 4) is 0 Å². The third-order valence-corrected chi connectivity index (χ3v) is 3.42. The average molecular weight is 285 g/mol. The molecular formula is C12H17BrN2O. The lowest BCUT2D eigenvalue weighted by Crippen LogP contribution is -2.26. The summed E-state index contributed by atoms with van der Waals surface area (Å²) in [5, 5.41) is 3.32. The Balaban J connectivity index is 2.32. The van der Waals surface area contributed by atoms with Crippen LogP contribution in [-0.2, 0) is 13.0 Å². The molecule has 1 aliphatic rings. The molecule has 2 heterocycles. The van der Waals surface area contributed by atoms with Gasteiger partial charge in [0.1, 0.15) is 0 Å². The van der Waals surface area contributed by atoms with Crippen LogP contribution in [0.1, 0.15) is 36.3 Å². The van der Waals surface area contributed by atoms with Gasteiger partial charge in [0.05, 0.1) is 4.60 Å². The van der Waals surface area contributed by atoms with Crippen molar-refractivity contribution in [1.82, 2.24) is 9.88 Å². The van der Waals surface area contributed by atoms with Crippen LogP contribution in [0.5, 0.6) is 0 Å². The van der Waals surface area contributed by atoms with Crippen LogP contribution < -0.4 is 5.32 Å². The van der Waals surface area contributed by atoms with Crippen LogP contribution in [0.25, 0.3) is 0 Å². The van der Waals surface area contributed by atoms with Crippen molar-refractivity contribution in [2.45, 2.75) is 33.2 Å². The summed E-state index contributed by atoms with van der Waals surface area (Å²) >= 11 is 3.48. The zero-order chi connectivity index (χ0) is 11.7. The van der Waals surface area contributed by atoms with Crippen LogP contribution in [0.2, 0.25) is 0 Å². The SMILES string of the molecule is CC(C)CC(=O)n1c(Br)cc2c1CCNC2. The van der Waals surface area contributed by atoms with Crippen molar-refractivity contribution >= 4 is 21.8 Å². The van der Waals surface area contributed by atoms with E-state index in [4.69, 9.17) is 0 Å². The van der Waals surface area contributed by atoms with Crippen molar-refractivity contribution in [2.75, 3.05) is 6.54 Å². The fraction of sp³-hybridized carbons (Fsp3) is 0.583. The number of carbonyl (C=O) groups excluding carboxylic acids is 1. The quantitative estimate of drug-likeness (QED) is 0.906. The summed E-state index contributed by atoms with van der Waals surface area (Å²) in [4.78, 5) is 12.1. The van der Waals surface area contributed by atoms with E-state index in [9.17, 15) is 4.79 Å². The van der Waals surface area contributed by atoms with Gasteiger partial charge < -0.3 is 5.32 Å². The number of carbonyl (C=O) groups is 1. The van der Waals surface area contributed by atoms with E-state index >= 15 is 0 Å². The highest BCUT2D eigenvalue weighted by Gasteiger charge is 2.21. The summed E-state index contributed by atoms with van der Waals surface area (Å²) in [6.45, 7) is 5.97. The molecule has 4 heteroatoms. The molecule has 1 N–H and O–H groups in total. The molecule has 0 spiro atoms. The van der Waals surface area contributed by atoms with Crippen molar-refractivity contribution in [3.63, 3.8) is 0 Å². The van der Waals surface area contributed by atoms with Crippen molar-refractivity contribution < 1.29 is 4.79 Å². The zero-order valence-corrected chi connectivity index (χ0v) is 11.3. The Bertz CT molecular complexity index is 409. The van der Waals surface area contributed by atoms with Gasteiger partial charge in [-0.1, -0.05) is 13.8 Å². The molecule has 2 rings (SSSR count). The Morgan fingerprint density at radius 2 is 2.38 bits per heavy atom. The molecule has 3 nitrogen and oxygen atoms in total. The Kier molecular flexibility index (Phi) is 3.50. The molecule has 0 fully saturated rings. The van der Waals surface area contributed by atoms with Gasteiger partial charge in [0.15, 0.2) is 0 Å². The third-order valence-electron chi connectivity index (χ3n) is 2.83. The molecule has 0 aliphatic carbocycles. The summed E-state index contributed by atoms with van der Waals surface area (Å²) in [5.41, 5.74) is 2.42. The topological polar surface area (TPSA) is 34.0 Å². The predicted octanol–water partition coefficient (Wildman–Crippen LogP) is 2.58. The number of halogens is 1. The summed E-state index contributed by atoms with van der Waals surface area (Å²) in [7, 11) is 0. The summed E-state index contributed by atoms with van der Waals surface area (Å²) < 4.78 is 2.74. The maximum atomic E-state index is 12.1.